The van der Waals surface area contributed by atoms with Crippen molar-refractivity contribution in [1.29, 1.82) is 0 Å². The van der Waals surface area contributed by atoms with E-state index in [-0.39, 0.29) is 11.7 Å². The Labute approximate surface area is 214 Å². The third-order valence-corrected chi connectivity index (χ3v) is 7.35. The number of nitrogens with zero attached hydrogens (tertiary/aromatic N) is 1. The third-order valence-electron chi connectivity index (χ3n) is 6.26. The third kappa shape index (κ3) is 5.07. The second-order valence-electron chi connectivity index (χ2n) is 8.41. The van der Waals surface area contributed by atoms with Gasteiger partial charge in [-0.15, -0.1) is 9.35 Å². The molecule has 11 heteroatoms. The van der Waals surface area contributed by atoms with Crippen molar-refractivity contribution in [3.05, 3.63) is 60.7 Å². The van der Waals surface area contributed by atoms with E-state index < -0.39 is 13.9 Å². The number of benzene rings is 3. The lowest BCUT2D eigenvalue weighted by atomic mass is 9.97. The molecule has 1 saturated heterocycles. The van der Waals surface area contributed by atoms with Crippen molar-refractivity contribution < 1.29 is 42.5 Å². The summed E-state index contributed by atoms with van der Waals surface area (Å²) in [6.45, 7) is 0.725. The molecule has 1 unspecified atom stereocenters. The number of methoxy groups -OCH3 is 1. The fourth-order valence-corrected chi connectivity index (χ4v) is 5.49. The Hall–Kier alpha value is -3.40. The van der Waals surface area contributed by atoms with Crippen molar-refractivity contribution in [2.75, 3.05) is 32.8 Å². The zero-order valence-electron chi connectivity index (χ0n) is 20.5. The number of carbonyl (C=O) groups is 1. The van der Waals surface area contributed by atoms with Crippen LogP contribution in [-0.2, 0) is 28.5 Å². The van der Waals surface area contributed by atoms with Crippen LogP contribution in [0.15, 0.2) is 60.7 Å². The van der Waals surface area contributed by atoms with E-state index in [1.54, 1.807) is 25.3 Å². The second kappa shape index (κ2) is 10.5. The second-order valence-corrected chi connectivity index (χ2v) is 9.79. The first kappa shape index (κ1) is 25.3. The summed E-state index contributed by atoms with van der Waals surface area (Å²) in [6, 6.07) is 18.1. The van der Waals surface area contributed by atoms with E-state index in [9.17, 15) is 9.36 Å². The maximum absolute atomic E-state index is 13.2. The molecule has 0 amide bonds. The predicted molar refractivity (Wildman–Crippen MR) is 134 cm³/mol. The number of rotatable bonds is 8. The van der Waals surface area contributed by atoms with E-state index in [1.165, 1.54) is 14.2 Å². The highest BCUT2D eigenvalue weighted by molar-refractivity contribution is 7.48. The van der Waals surface area contributed by atoms with E-state index >= 15 is 0 Å². The van der Waals surface area contributed by atoms with Crippen molar-refractivity contribution >= 4 is 19.5 Å². The monoisotopic (exact) mass is 527 g/mol. The molecule has 5 rings (SSSR count). The van der Waals surface area contributed by atoms with Gasteiger partial charge in [0.2, 0.25) is 0 Å². The molecule has 10 nitrogen and oxygen atoms in total. The average molecular weight is 527 g/mol. The summed E-state index contributed by atoms with van der Waals surface area (Å²) in [5.74, 6) is 1.02. The fraction of sp³-hybridized carbons (Fsp3) is 0.269. The molecular weight excluding hydrogens is 501 g/mol. The van der Waals surface area contributed by atoms with Crippen LogP contribution < -0.4 is 18.9 Å². The number of carbonyl (C=O) groups excluding carboxylic acids is 1. The van der Waals surface area contributed by atoms with Gasteiger partial charge >= 0.3 is 13.8 Å². The minimum atomic E-state index is -4.13. The minimum Gasteiger partial charge on any atom is -0.497 e. The van der Waals surface area contributed by atoms with Gasteiger partial charge in [0.15, 0.2) is 0 Å². The van der Waals surface area contributed by atoms with E-state index in [0.717, 1.165) is 40.9 Å². The number of esters is 1. The molecule has 0 saturated carbocycles. The van der Waals surface area contributed by atoms with Gasteiger partial charge in [-0.2, -0.15) is 0 Å². The van der Waals surface area contributed by atoms with Crippen LogP contribution in [0.1, 0.15) is 12.8 Å². The molecule has 3 aromatic carbocycles. The highest BCUT2D eigenvalue weighted by Gasteiger charge is 2.36. The molecule has 0 spiro atoms. The molecule has 0 N–H and O–H groups in total. The molecule has 2 heterocycles. The summed E-state index contributed by atoms with van der Waals surface area (Å²) in [4.78, 5) is 24.2. The van der Waals surface area contributed by atoms with Crippen LogP contribution >= 0.6 is 7.82 Å². The van der Waals surface area contributed by atoms with Crippen LogP contribution in [0.25, 0.3) is 22.3 Å². The smallest absolute Gasteiger partial charge is 0.497 e. The number of hydrogen-bond acceptors (Lipinski definition) is 10. The van der Waals surface area contributed by atoms with Crippen molar-refractivity contribution in [3.8, 4) is 39.5 Å². The first-order chi connectivity index (χ1) is 17.9. The van der Waals surface area contributed by atoms with Crippen molar-refractivity contribution in [2.24, 2.45) is 0 Å². The Morgan fingerprint density at radius 3 is 2.24 bits per heavy atom. The molecule has 1 fully saturated rings. The summed E-state index contributed by atoms with van der Waals surface area (Å²) in [6.07, 6.45) is 1.57. The molecule has 1 atom stereocenters. The normalized spacial score (nSPS) is 16.7. The lowest BCUT2D eigenvalue weighted by Crippen LogP contribution is -2.38. The minimum absolute atomic E-state index is 0.225. The fourth-order valence-electron chi connectivity index (χ4n) is 4.66. The summed E-state index contributed by atoms with van der Waals surface area (Å²) in [5, 5.41) is 0. The lowest BCUT2D eigenvalue weighted by molar-refractivity contribution is -0.253. The van der Waals surface area contributed by atoms with E-state index in [0.29, 0.717) is 17.9 Å². The van der Waals surface area contributed by atoms with Gasteiger partial charge in [0, 0.05) is 29.4 Å². The Kier molecular flexibility index (Phi) is 7.19. The molecule has 2 bridgehead atoms. The summed E-state index contributed by atoms with van der Waals surface area (Å²) >= 11 is 0. The number of hydrogen-bond donors (Lipinski definition) is 0. The Morgan fingerprint density at radius 2 is 1.54 bits per heavy atom. The number of phosphoric acid groups is 1. The topological polar surface area (TPSA) is 102 Å². The number of fused-ring (bicyclic) bond motifs is 6. The molecule has 2 aliphatic rings. The first-order valence-electron chi connectivity index (χ1n) is 11.6. The Morgan fingerprint density at radius 1 is 0.865 bits per heavy atom. The summed E-state index contributed by atoms with van der Waals surface area (Å²) < 4.78 is 38.3. The van der Waals surface area contributed by atoms with Gasteiger partial charge in [-0.25, -0.2) is 19.1 Å². The Bertz CT molecular complexity index is 1330. The summed E-state index contributed by atoms with van der Waals surface area (Å²) in [7, 11) is -0.196. The standard InChI is InChI=1S/C26H26NO9P/c1-30-20-11-13-22-18-8-12-21(17-6-9-19(10-7-17)34-37(29,35-31-2)36-32-3)24(15-18)27-14-4-5-23(27)26(28)33-25(22)16-20/h6-13,15-16,23H,4-5,14H2,1-3H3. The number of anilines is 1. The van der Waals surface area contributed by atoms with Gasteiger partial charge < -0.3 is 18.9 Å². The average Bonchev–Trinajstić information content (AvgIpc) is 3.39. The molecule has 37 heavy (non-hydrogen) atoms. The lowest BCUT2D eigenvalue weighted by Gasteiger charge is -2.27. The van der Waals surface area contributed by atoms with Gasteiger partial charge in [0.1, 0.15) is 23.3 Å². The van der Waals surface area contributed by atoms with Crippen LogP contribution in [0, 0.1) is 0 Å². The molecule has 0 radical (unpaired) electrons. The maximum Gasteiger partial charge on any atom is 0.585 e. The Balaban J connectivity index is 1.54. The van der Waals surface area contributed by atoms with E-state index in [1.807, 2.05) is 36.4 Å². The molecule has 0 aliphatic carbocycles. The quantitative estimate of drug-likeness (QED) is 0.122. The van der Waals surface area contributed by atoms with Crippen LogP contribution in [-0.4, -0.2) is 39.9 Å². The predicted octanol–water partition coefficient (Wildman–Crippen LogP) is 5.56. The zero-order chi connectivity index (χ0) is 26.0. The van der Waals surface area contributed by atoms with Crippen LogP contribution in [0.3, 0.4) is 0 Å². The highest BCUT2D eigenvalue weighted by Crippen LogP contribution is 2.50. The van der Waals surface area contributed by atoms with Gasteiger partial charge in [0.25, 0.3) is 0 Å². The molecule has 3 aromatic rings. The van der Waals surface area contributed by atoms with Crippen molar-refractivity contribution in [2.45, 2.75) is 18.9 Å². The summed E-state index contributed by atoms with van der Waals surface area (Å²) in [5.41, 5.74) is 4.45. The van der Waals surface area contributed by atoms with Gasteiger partial charge in [-0.05, 0) is 54.3 Å². The van der Waals surface area contributed by atoms with E-state index in [4.69, 9.17) is 14.0 Å². The molecular formula is C26H26NO9P. The van der Waals surface area contributed by atoms with E-state index in [2.05, 4.69) is 30.1 Å². The van der Waals surface area contributed by atoms with Crippen LogP contribution in [0.5, 0.6) is 17.2 Å². The molecule has 0 aromatic heterocycles. The first-order valence-corrected chi connectivity index (χ1v) is 13.1. The van der Waals surface area contributed by atoms with Gasteiger partial charge in [-0.3, -0.25) is 0 Å². The zero-order valence-corrected chi connectivity index (χ0v) is 21.4. The van der Waals surface area contributed by atoms with Crippen LogP contribution in [0.4, 0.5) is 5.69 Å². The highest BCUT2D eigenvalue weighted by atomic mass is 31.2. The van der Waals surface area contributed by atoms with Crippen molar-refractivity contribution in [3.63, 3.8) is 0 Å². The SMILES string of the molecule is COOP(=O)(OOC)Oc1ccc(-c2ccc3cc2N2CCCC2C(=O)Oc2cc(OC)ccc2-3)cc1. The molecule has 194 valence electrons. The largest absolute Gasteiger partial charge is 0.585 e. The van der Waals surface area contributed by atoms with Gasteiger partial charge in [0.05, 0.1) is 21.3 Å². The maximum atomic E-state index is 13.2. The van der Waals surface area contributed by atoms with Crippen molar-refractivity contribution in [1.82, 2.24) is 0 Å². The van der Waals surface area contributed by atoms with Gasteiger partial charge in [-0.1, -0.05) is 24.3 Å². The van der Waals surface area contributed by atoms with Crippen LogP contribution in [0.2, 0.25) is 0 Å². The number of ether oxygens (including phenoxy) is 2. The molecule has 2 aliphatic heterocycles.